The minimum Gasteiger partial charge on any atom is -0.399 e. The van der Waals surface area contributed by atoms with Crippen molar-refractivity contribution in [2.24, 2.45) is 0 Å². The van der Waals surface area contributed by atoms with Crippen LogP contribution in [0.5, 0.6) is 0 Å². The van der Waals surface area contributed by atoms with Gasteiger partial charge in [-0.25, -0.2) is 0 Å². The maximum atomic E-state index is 6.37. The highest BCUT2D eigenvalue weighted by Crippen LogP contribution is 2.42. The minimum absolute atomic E-state index is 0.389. The fraction of sp³-hybridized carbons (Fsp3) is 0.123. The zero-order valence-electron chi connectivity index (χ0n) is 35.8. The molecule has 10 aromatic rings. The highest BCUT2D eigenvalue weighted by Gasteiger charge is 2.51. The molecule has 0 saturated carbocycles. The first kappa shape index (κ1) is 38.1. The molecule has 0 unspecified atom stereocenters. The summed E-state index contributed by atoms with van der Waals surface area (Å²) in [6.45, 7) is 8.39. The van der Waals surface area contributed by atoms with Crippen molar-refractivity contribution in [3.8, 4) is 33.6 Å². The van der Waals surface area contributed by atoms with Gasteiger partial charge in [0, 0.05) is 37.5 Å². The van der Waals surface area contributed by atoms with Crippen LogP contribution in [-0.2, 0) is 9.31 Å². The Morgan fingerprint density at radius 1 is 0.492 bits per heavy atom. The zero-order valence-corrected chi connectivity index (χ0v) is 36.7. The lowest BCUT2D eigenvalue weighted by Gasteiger charge is -2.32. The molecule has 0 spiro atoms. The van der Waals surface area contributed by atoms with E-state index in [9.17, 15) is 0 Å². The number of thiol groups is 1. The summed E-state index contributed by atoms with van der Waals surface area (Å²) in [5.41, 5.74) is 14.4. The van der Waals surface area contributed by atoms with Crippen LogP contribution in [0.3, 0.4) is 0 Å². The van der Waals surface area contributed by atoms with Crippen molar-refractivity contribution in [1.29, 1.82) is 0 Å². The molecule has 63 heavy (non-hydrogen) atoms. The highest BCUT2D eigenvalue weighted by atomic mass is 32.1. The summed E-state index contributed by atoms with van der Waals surface area (Å²) in [6, 6.07) is 60.1. The number of para-hydroxylation sites is 2. The first-order valence-electron chi connectivity index (χ1n) is 21.9. The Morgan fingerprint density at radius 2 is 1.06 bits per heavy atom. The predicted octanol–water partition coefficient (Wildman–Crippen LogP) is 14.3. The summed E-state index contributed by atoms with van der Waals surface area (Å²) < 4.78 is 17.6. The molecule has 1 saturated heterocycles. The number of fused-ring (bicyclic) bond motifs is 7. The third-order valence-corrected chi connectivity index (χ3v) is 14.3. The normalized spacial score (nSPS) is 15.8. The second-order valence-corrected chi connectivity index (χ2v) is 18.6. The summed E-state index contributed by atoms with van der Waals surface area (Å²) in [4.78, 5) is 0.985. The highest BCUT2D eigenvalue weighted by molar-refractivity contribution is 7.80. The molecule has 1 fully saturated rings. The maximum absolute atomic E-state index is 6.37. The second kappa shape index (κ2) is 14.2. The van der Waals surface area contributed by atoms with E-state index in [1.807, 2.05) is 0 Å². The summed E-state index contributed by atoms with van der Waals surface area (Å²) in [5, 5.41) is 7.32. The van der Waals surface area contributed by atoms with Gasteiger partial charge in [0.15, 0.2) is 0 Å². The first-order valence-corrected chi connectivity index (χ1v) is 22.3. The van der Waals surface area contributed by atoms with Crippen molar-refractivity contribution < 1.29 is 9.31 Å². The van der Waals surface area contributed by atoms with E-state index < -0.39 is 7.12 Å². The largest absolute Gasteiger partial charge is 0.494 e. The number of nitrogens with zero attached hydrogens (tertiary/aromatic N) is 2. The predicted molar refractivity (Wildman–Crippen MR) is 268 cm³/mol. The topological polar surface area (TPSA) is 28.3 Å². The van der Waals surface area contributed by atoms with Crippen LogP contribution in [-0.4, -0.2) is 27.5 Å². The maximum Gasteiger partial charge on any atom is 0.494 e. The van der Waals surface area contributed by atoms with E-state index in [4.69, 9.17) is 21.9 Å². The average molecular weight is 833 g/mol. The van der Waals surface area contributed by atoms with Crippen molar-refractivity contribution in [3.63, 3.8) is 0 Å². The second-order valence-electron chi connectivity index (χ2n) is 18.1. The monoisotopic (exact) mass is 832 g/mol. The van der Waals surface area contributed by atoms with Gasteiger partial charge in [0.1, 0.15) is 0 Å². The molecule has 1 aliphatic heterocycles. The number of rotatable bonds is 6. The molecule has 0 radical (unpaired) electrons. The van der Waals surface area contributed by atoms with E-state index in [1.54, 1.807) is 0 Å². The van der Waals surface area contributed by atoms with Gasteiger partial charge in [-0.15, -0.1) is 12.6 Å². The molecule has 8 aromatic carbocycles. The molecule has 0 N–H and O–H groups in total. The Morgan fingerprint density at radius 3 is 1.71 bits per heavy atom. The van der Waals surface area contributed by atoms with Crippen LogP contribution in [0.4, 0.5) is 0 Å². The summed E-state index contributed by atoms with van der Waals surface area (Å²) in [6.07, 6.45) is 7.46. The number of hydrogen-bond acceptors (Lipinski definition) is 3. The third kappa shape index (κ3) is 6.00. The molecule has 304 valence electrons. The summed E-state index contributed by atoms with van der Waals surface area (Å²) >= 11 is 5.02. The molecule has 4 nitrogen and oxygen atoms in total. The van der Waals surface area contributed by atoms with Crippen molar-refractivity contribution in [1.82, 2.24) is 9.13 Å². The van der Waals surface area contributed by atoms with Crippen molar-refractivity contribution in [2.75, 3.05) is 0 Å². The Labute approximate surface area is 373 Å². The first-order chi connectivity index (χ1) is 30.6. The van der Waals surface area contributed by atoms with Gasteiger partial charge < -0.3 is 18.4 Å². The van der Waals surface area contributed by atoms with Crippen LogP contribution >= 0.6 is 12.6 Å². The van der Waals surface area contributed by atoms with Crippen molar-refractivity contribution >= 4 is 85.2 Å². The van der Waals surface area contributed by atoms with Crippen LogP contribution in [0.15, 0.2) is 187 Å². The standard InChI is InChI=1S/C57H45BN2O2S/c1-56(2)57(3,4)62-58(61-56)40-27-23-37(24-28-40)42-17-11-19-45-44(42)18-12-22-52(45)60-51-21-10-8-16-47(51)49-31-26-39(34-54(49)60)38-25-30-48-46-15-7-9-20-50(46)59(53(48)33-38)41-29-32-43(55(63)35-41)36-13-5-6-14-36/h5-13,15-35,63H,14H2,1-4H3. The minimum atomic E-state index is -0.397. The van der Waals surface area contributed by atoms with Crippen LogP contribution in [0, 0.1) is 0 Å². The molecule has 6 heteroatoms. The van der Waals surface area contributed by atoms with Crippen LogP contribution < -0.4 is 5.46 Å². The Hall–Kier alpha value is -6.57. The number of aromatic nitrogens is 2. The van der Waals surface area contributed by atoms with E-state index in [-0.39, 0.29) is 11.2 Å². The molecule has 0 bridgehead atoms. The lowest BCUT2D eigenvalue weighted by Crippen LogP contribution is -2.41. The van der Waals surface area contributed by atoms with E-state index >= 15 is 0 Å². The molecule has 2 aromatic heterocycles. The average Bonchev–Trinajstić information content (AvgIpc) is 4.07. The van der Waals surface area contributed by atoms with E-state index in [2.05, 4.69) is 219 Å². The lowest BCUT2D eigenvalue weighted by atomic mass is 9.78. The van der Waals surface area contributed by atoms with Gasteiger partial charge >= 0.3 is 7.12 Å². The van der Waals surface area contributed by atoms with Gasteiger partial charge in [-0.1, -0.05) is 140 Å². The van der Waals surface area contributed by atoms with Crippen LogP contribution in [0.1, 0.15) is 39.7 Å². The van der Waals surface area contributed by atoms with E-state index in [0.29, 0.717) is 0 Å². The van der Waals surface area contributed by atoms with E-state index in [1.165, 1.54) is 82.2 Å². The van der Waals surface area contributed by atoms with Gasteiger partial charge in [0.2, 0.25) is 0 Å². The molecule has 1 aliphatic carbocycles. The Bertz CT molecular complexity index is 3560. The summed E-state index contributed by atoms with van der Waals surface area (Å²) in [5.74, 6) is 0. The fourth-order valence-corrected chi connectivity index (χ4v) is 10.3. The Kier molecular flexibility index (Phi) is 8.61. The van der Waals surface area contributed by atoms with Gasteiger partial charge in [-0.2, -0.15) is 0 Å². The quantitative estimate of drug-likeness (QED) is 0.134. The summed E-state index contributed by atoms with van der Waals surface area (Å²) in [7, 11) is -0.397. The van der Waals surface area contributed by atoms with Crippen LogP contribution in [0.25, 0.3) is 93.6 Å². The third-order valence-electron chi connectivity index (χ3n) is 13.9. The lowest BCUT2D eigenvalue weighted by molar-refractivity contribution is 0.00578. The smallest absolute Gasteiger partial charge is 0.399 e. The molecule has 2 aliphatic rings. The fourth-order valence-electron chi connectivity index (χ4n) is 9.95. The van der Waals surface area contributed by atoms with Crippen molar-refractivity contribution in [3.05, 3.63) is 188 Å². The molecular formula is C57H45BN2O2S. The number of allylic oxidation sites excluding steroid dienone is 4. The molecule has 3 heterocycles. The molecule has 12 rings (SSSR count). The van der Waals surface area contributed by atoms with Gasteiger partial charge in [0.05, 0.1) is 39.0 Å². The zero-order chi connectivity index (χ0) is 42.6. The number of benzene rings is 8. The molecule has 0 amide bonds. The SMILES string of the molecule is CC1(C)OB(c2ccc(-c3cccc4c(-n5c6ccccc6c6ccc(-c7ccc8c9ccccc9n(-c9ccc(C%10=CC=CC%10)c(S)c9)c8c7)cc65)cccc34)cc2)OC1(C)C. The van der Waals surface area contributed by atoms with Gasteiger partial charge in [-0.05, 0) is 121 Å². The van der Waals surface area contributed by atoms with Crippen molar-refractivity contribution in [2.45, 2.75) is 50.2 Å². The number of hydrogen-bond donors (Lipinski definition) is 1. The van der Waals surface area contributed by atoms with Gasteiger partial charge in [-0.3, -0.25) is 0 Å². The van der Waals surface area contributed by atoms with Crippen LogP contribution in [0.2, 0.25) is 0 Å². The molecular weight excluding hydrogens is 788 g/mol. The Balaban J connectivity index is 0.982. The van der Waals surface area contributed by atoms with E-state index in [0.717, 1.165) is 33.7 Å². The molecule has 0 atom stereocenters. The van der Waals surface area contributed by atoms with Gasteiger partial charge in [0.25, 0.3) is 0 Å².